The van der Waals surface area contributed by atoms with Crippen molar-refractivity contribution >= 4 is 15.9 Å². The third-order valence-electron chi connectivity index (χ3n) is 3.24. The standard InChI is InChI=1S/C15H17BrN2O/c1-10-2-3-12(14(16)8-10)15(19)13(9-17)11-4-6-18-7-5-11/h2-8,13,15,19H,9,17H2,1H3. The van der Waals surface area contributed by atoms with Crippen LogP contribution < -0.4 is 5.73 Å². The molecule has 0 bridgehead atoms. The third kappa shape index (κ3) is 3.21. The molecule has 2 atom stereocenters. The SMILES string of the molecule is Cc1ccc(C(O)C(CN)c2ccncc2)c(Br)c1. The summed E-state index contributed by atoms with van der Waals surface area (Å²) in [6.07, 6.45) is 2.80. The molecule has 4 heteroatoms. The summed E-state index contributed by atoms with van der Waals surface area (Å²) in [4.78, 5) is 3.99. The molecule has 0 aliphatic heterocycles. The Morgan fingerprint density at radius 3 is 2.53 bits per heavy atom. The fraction of sp³-hybridized carbons (Fsp3) is 0.267. The van der Waals surface area contributed by atoms with Crippen molar-refractivity contribution in [3.05, 3.63) is 63.9 Å². The molecule has 0 spiro atoms. The zero-order chi connectivity index (χ0) is 13.8. The second kappa shape index (κ2) is 6.28. The number of aryl methyl sites for hydroxylation is 1. The molecular formula is C15H17BrN2O. The maximum absolute atomic E-state index is 10.6. The molecule has 0 aliphatic rings. The normalized spacial score (nSPS) is 14.1. The highest BCUT2D eigenvalue weighted by atomic mass is 79.9. The van der Waals surface area contributed by atoms with Crippen LogP contribution in [0.15, 0.2) is 47.2 Å². The second-order valence-corrected chi connectivity index (χ2v) is 5.45. The average molecular weight is 321 g/mol. The number of benzene rings is 1. The van der Waals surface area contributed by atoms with E-state index in [1.807, 2.05) is 37.3 Å². The van der Waals surface area contributed by atoms with Gasteiger partial charge in [-0.2, -0.15) is 0 Å². The van der Waals surface area contributed by atoms with Gasteiger partial charge >= 0.3 is 0 Å². The van der Waals surface area contributed by atoms with E-state index in [0.717, 1.165) is 21.2 Å². The van der Waals surface area contributed by atoms with Gasteiger partial charge in [0.1, 0.15) is 0 Å². The number of nitrogens with zero attached hydrogens (tertiary/aromatic N) is 1. The van der Waals surface area contributed by atoms with Crippen LogP contribution in [-0.2, 0) is 0 Å². The molecule has 2 rings (SSSR count). The first-order chi connectivity index (χ1) is 9.13. The maximum Gasteiger partial charge on any atom is 0.0881 e. The highest BCUT2D eigenvalue weighted by Crippen LogP contribution is 2.34. The number of rotatable bonds is 4. The first-order valence-corrected chi connectivity index (χ1v) is 6.97. The summed E-state index contributed by atoms with van der Waals surface area (Å²) in [7, 11) is 0. The Bertz CT molecular complexity index is 545. The summed E-state index contributed by atoms with van der Waals surface area (Å²) < 4.78 is 0.910. The van der Waals surface area contributed by atoms with E-state index in [0.29, 0.717) is 6.54 Å². The Balaban J connectivity index is 2.33. The lowest BCUT2D eigenvalue weighted by Gasteiger charge is -2.23. The molecule has 3 N–H and O–H groups in total. The molecule has 0 aliphatic carbocycles. The van der Waals surface area contributed by atoms with E-state index in [1.54, 1.807) is 12.4 Å². The van der Waals surface area contributed by atoms with Crippen molar-refractivity contribution in [1.82, 2.24) is 4.98 Å². The van der Waals surface area contributed by atoms with Crippen LogP contribution in [0.4, 0.5) is 0 Å². The van der Waals surface area contributed by atoms with Gasteiger partial charge in [0.25, 0.3) is 0 Å². The summed E-state index contributed by atoms with van der Waals surface area (Å²) in [5.41, 5.74) is 8.83. The van der Waals surface area contributed by atoms with Crippen LogP contribution >= 0.6 is 15.9 Å². The zero-order valence-electron chi connectivity index (χ0n) is 10.8. The fourth-order valence-corrected chi connectivity index (χ4v) is 2.87. The molecule has 2 unspecified atom stereocenters. The molecule has 0 saturated carbocycles. The summed E-state index contributed by atoms with van der Waals surface area (Å²) in [5, 5.41) is 10.6. The van der Waals surface area contributed by atoms with Crippen LogP contribution in [0.2, 0.25) is 0 Å². The molecule has 1 aromatic heterocycles. The van der Waals surface area contributed by atoms with Gasteiger partial charge in [-0.1, -0.05) is 28.1 Å². The number of aliphatic hydroxyl groups is 1. The molecule has 0 saturated heterocycles. The van der Waals surface area contributed by atoms with E-state index in [-0.39, 0.29) is 5.92 Å². The van der Waals surface area contributed by atoms with Crippen molar-refractivity contribution in [3.63, 3.8) is 0 Å². The van der Waals surface area contributed by atoms with Gasteiger partial charge in [-0.25, -0.2) is 0 Å². The number of pyridine rings is 1. The lowest BCUT2D eigenvalue weighted by atomic mass is 9.89. The zero-order valence-corrected chi connectivity index (χ0v) is 12.3. The first-order valence-electron chi connectivity index (χ1n) is 6.17. The highest BCUT2D eigenvalue weighted by molar-refractivity contribution is 9.10. The van der Waals surface area contributed by atoms with E-state index >= 15 is 0 Å². The maximum atomic E-state index is 10.6. The molecule has 2 aromatic rings. The van der Waals surface area contributed by atoms with Crippen molar-refractivity contribution in [2.75, 3.05) is 6.54 Å². The number of aromatic nitrogens is 1. The molecule has 0 amide bonds. The van der Waals surface area contributed by atoms with Gasteiger partial charge in [0.05, 0.1) is 6.10 Å². The second-order valence-electron chi connectivity index (χ2n) is 4.59. The van der Waals surface area contributed by atoms with Crippen molar-refractivity contribution in [2.24, 2.45) is 5.73 Å². The van der Waals surface area contributed by atoms with Gasteiger partial charge in [-0.3, -0.25) is 4.98 Å². The van der Waals surface area contributed by atoms with Crippen molar-refractivity contribution in [2.45, 2.75) is 18.9 Å². The van der Waals surface area contributed by atoms with Crippen LogP contribution in [0, 0.1) is 6.92 Å². The minimum absolute atomic E-state index is 0.137. The quantitative estimate of drug-likeness (QED) is 0.910. The monoisotopic (exact) mass is 320 g/mol. The fourth-order valence-electron chi connectivity index (χ4n) is 2.15. The van der Waals surface area contributed by atoms with Gasteiger partial charge in [0.2, 0.25) is 0 Å². The average Bonchev–Trinajstić information content (AvgIpc) is 2.40. The highest BCUT2D eigenvalue weighted by Gasteiger charge is 2.23. The molecular weight excluding hydrogens is 304 g/mol. The van der Waals surface area contributed by atoms with Gasteiger partial charge < -0.3 is 10.8 Å². The van der Waals surface area contributed by atoms with Crippen LogP contribution in [0.1, 0.15) is 28.7 Å². The third-order valence-corrected chi connectivity index (χ3v) is 3.93. The largest absolute Gasteiger partial charge is 0.388 e. The Morgan fingerprint density at radius 1 is 1.26 bits per heavy atom. The number of hydrogen-bond acceptors (Lipinski definition) is 3. The van der Waals surface area contributed by atoms with E-state index < -0.39 is 6.10 Å². The summed E-state index contributed by atoms with van der Waals surface area (Å²) in [5.74, 6) is -0.137. The molecule has 1 heterocycles. The van der Waals surface area contributed by atoms with Crippen LogP contribution in [0.3, 0.4) is 0 Å². The summed E-state index contributed by atoms with van der Waals surface area (Å²) in [6.45, 7) is 2.40. The van der Waals surface area contributed by atoms with E-state index in [2.05, 4.69) is 20.9 Å². The van der Waals surface area contributed by atoms with Crippen molar-refractivity contribution in [3.8, 4) is 0 Å². The topological polar surface area (TPSA) is 59.1 Å². The van der Waals surface area contributed by atoms with Gasteiger partial charge in [0.15, 0.2) is 0 Å². The van der Waals surface area contributed by atoms with E-state index in [4.69, 9.17) is 5.73 Å². The molecule has 100 valence electrons. The minimum atomic E-state index is -0.637. The van der Waals surface area contributed by atoms with Crippen LogP contribution in [-0.4, -0.2) is 16.6 Å². The Morgan fingerprint density at radius 2 is 1.95 bits per heavy atom. The van der Waals surface area contributed by atoms with E-state index in [1.165, 1.54) is 0 Å². The minimum Gasteiger partial charge on any atom is -0.388 e. The Hall–Kier alpha value is -1.23. The lowest BCUT2D eigenvalue weighted by Crippen LogP contribution is -2.20. The van der Waals surface area contributed by atoms with Crippen LogP contribution in [0.5, 0.6) is 0 Å². The summed E-state index contributed by atoms with van der Waals surface area (Å²) in [6, 6.07) is 9.71. The van der Waals surface area contributed by atoms with Gasteiger partial charge in [-0.15, -0.1) is 0 Å². The Labute approximate surface area is 121 Å². The number of hydrogen-bond donors (Lipinski definition) is 2. The predicted molar refractivity (Wildman–Crippen MR) is 79.9 cm³/mol. The number of halogens is 1. The van der Waals surface area contributed by atoms with Gasteiger partial charge in [-0.05, 0) is 41.8 Å². The Kier molecular flexibility index (Phi) is 4.69. The summed E-state index contributed by atoms with van der Waals surface area (Å²) >= 11 is 3.50. The van der Waals surface area contributed by atoms with Crippen LogP contribution in [0.25, 0.3) is 0 Å². The van der Waals surface area contributed by atoms with Crippen molar-refractivity contribution in [1.29, 1.82) is 0 Å². The van der Waals surface area contributed by atoms with Crippen molar-refractivity contribution < 1.29 is 5.11 Å². The predicted octanol–water partition coefficient (Wildman–Crippen LogP) is 2.93. The van der Waals surface area contributed by atoms with Gasteiger partial charge in [0, 0.05) is 29.3 Å². The smallest absolute Gasteiger partial charge is 0.0881 e. The molecule has 3 nitrogen and oxygen atoms in total. The molecule has 19 heavy (non-hydrogen) atoms. The number of aliphatic hydroxyl groups excluding tert-OH is 1. The number of nitrogens with two attached hydrogens (primary N) is 1. The molecule has 1 aromatic carbocycles. The van der Waals surface area contributed by atoms with E-state index in [9.17, 15) is 5.11 Å². The first kappa shape index (κ1) is 14.2. The molecule has 0 fully saturated rings. The molecule has 0 radical (unpaired) electrons. The lowest BCUT2D eigenvalue weighted by molar-refractivity contribution is 0.146.